The van der Waals surface area contributed by atoms with Gasteiger partial charge in [-0.05, 0) is 51.7 Å². The maximum absolute atomic E-state index is 13.8. The van der Waals surface area contributed by atoms with E-state index >= 15 is 0 Å². The molecule has 10 nitrogen and oxygen atoms in total. The average Bonchev–Trinajstić information content (AvgIpc) is 3.53. The summed E-state index contributed by atoms with van der Waals surface area (Å²) in [6.45, 7) is 5.18. The van der Waals surface area contributed by atoms with Crippen LogP contribution in [0.4, 0.5) is 5.69 Å². The fraction of sp³-hybridized carbons (Fsp3) is 0.393. The summed E-state index contributed by atoms with van der Waals surface area (Å²) in [4.78, 5) is 53.5. The first-order valence-corrected chi connectivity index (χ1v) is 13.2. The minimum absolute atomic E-state index is 0.0269. The molecule has 2 amide bonds. The van der Waals surface area contributed by atoms with E-state index in [4.69, 9.17) is 4.98 Å². The quantitative estimate of drug-likeness (QED) is 0.415. The van der Waals surface area contributed by atoms with E-state index in [-0.39, 0.29) is 17.7 Å². The van der Waals surface area contributed by atoms with Crippen LogP contribution in [0.5, 0.6) is 0 Å². The first-order valence-electron chi connectivity index (χ1n) is 13.2. The number of anilines is 1. The molecule has 0 unspecified atom stereocenters. The number of rotatable bonds is 4. The van der Waals surface area contributed by atoms with Crippen LogP contribution in [0.1, 0.15) is 44.0 Å². The molecule has 10 heteroatoms. The standard InChI is InChI=1S/C28H28N8O2/c1-4-35-24(19-13-29-16(2)30-14-19)33-23-22(31-15-32-25(23)35)18-8-9-21-20(12-18)28(27(38)34(21)3)10-5-11-36(28)26(37)17-6-7-17/h8-9,12-15,17H,4-7,10-11H2,1-3H3/t28-/m1/s1. The number of hydrogen-bond acceptors (Lipinski definition) is 7. The Labute approximate surface area is 219 Å². The highest BCUT2D eigenvalue weighted by molar-refractivity contribution is 6.10. The van der Waals surface area contributed by atoms with Crippen molar-refractivity contribution in [1.82, 2.24) is 34.4 Å². The Hall–Kier alpha value is -4.21. The first-order chi connectivity index (χ1) is 18.4. The van der Waals surface area contributed by atoms with Crippen molar-refractivity contribution in [3.8, 4) is 22.6 Å². The Morgan fingerprint density at radius 2 is 1.89 bits per heavy atom. The number of carbonyl (C=O) groups excluding carboxylic acids is 2. The SMILES string of the molecule is CCn1c(-c2cnc(C)nc2)nc2c(-c3ccc4c(c3)[C@]3(CCCN3C(=O)C3CC3)C(=O)N4C)ncnc21. The Morgan fingerprint density at radius 3 is 2.63 bits per heavy atom. The summed E-state index contributed by atoms with van der Waals surface area (Å²) in [7, 11) is 1.80. The number of nitrogens with zero attached hydrogens (tertiary/aromatic N) is 8. The Bertz CT molecular complexity index is 1620. The van der Waals surface area contributed by atoms with Crippen molar-refractivity contribution in [3.63, 3.8) is 0 Å². The molecule has 7 rings (SSSR count). The molecule has 1 atom stereocenters. The zero-order valence-corrected chi connectivity index (χ0v) is 21.7. The molecule has 192 valence electrons. The molecule has 0 radical (unpaired) electrons. The molecular formula is C28H28N8O2. The van der Waals surface area contributed by atoms with E-state index in [1.807, 2.05) is 41.5 Å². The van der Waals surface area contributed by atoms with Crippen molar-refractivity contribution in [1.29, 1.82) is 0 Å². The summed E-state index contributed by atoms with van der Waals surface area (Å²) in [5.74, 6) is 1.56. The van der Waals surface area contributed by atoms with Gasteiger partial charge in [-0.1, -0.05) is 6.07 Å². The molecule has 0 N–H and O–H groups in total. The lowest BCUT2D eigenvalue weighted by molar-refractivity contribution is -0.144. The van der Waals surface area contributed by atoms with Crippen molar-refractivity contribution in [2.75, 3.05) is 18.5 Å². The van der Waals surface area contributed by atoms with Gasteiger partial charge in [-0.3, -0.25) is 9.59 Å². The molecule has 38 heavy (non-hydrogen) atoms. The number of likely N-dealkylation sites (N-methyl/N-ethyl adjacent to an activating group) is 1. The van der Waals surface area contributed by atoms with E-state index < -0.39 is 5.54 Å². The summed E-state index contributed by atoms with van der Waals surface area (Å²) in [5.41, 5.74) is 4.52. The van der Waals surface area contributed by atoms with E-state index in [1.54, 1.807) is 30.7 Å². The normalized spacial score (nSPS) is 20.7. The number of fused-ring (bicyclic) bond motifs is 3. The molecule has 1 saturated carbocycles. The maximum atomic E-state index is 13.8. The highest BCUT2D eigenvalue weighted by atomic mass is 16.2. The van der Waals surface area contributed by atoms with E-state index in [0.29, 0.717) is 36.5 Å². The summed E-state index contributed by atoms with van der Waals surface area (Å²) in [6.07, 6.45) is 8.36. The minimum atomic E-state index is -0.945. The molecular weight excluding hydrogens is 480 g/mol. The smallest absolute Gasteiger partial charge is 0.257 e. The van der Waals surface area contributed by atoms with Gasteiger partial charge in [0.05, 0.1) is 5.56 Å². The van der Waals surface area contributed by atoms with Gasteiger partial charge in [0.2, 0.25) is 5.91 Å². The van der Waals surface area contributed by atoms with Crippen molar-refractivity contribution >= 4 is 28.7 Å². The van der Waals surface area contributed by atoms with Gasteiger partial charge in [-0.2, -0.15) is 0 Å². The number of benzene rings is 1. The van der Waals surface area contributed by atoms with Crippen LogP contribution in [0.3, 0.4) is 0 Å². The van der Waals surface area contributed by atoms with Crippen LogP contribution < -0.4 is 4.90 Å². The predicted molar refractivity (Wildman–Crippen MR) is 141 cm³/mol. The topological polar surface area (TPSA) is 110 Å². The van der Waals surface area contributed by atoms with Crippen LogP contribution >= 0.6 is 0 Å². The molecule has 0 bridgehead atoms. The monoisotopic (exact) mass is 508 g/mol. The third-order valence-electron chi connectivity index (χ3n) is 8.20. The zero-order valence-electron chi connectivity index (χ0n) is 21.7. The lowest BCUT2D eigenvalue weighted by atomic mass is 9.86. The first kappa shape index (κ1) is 22.9. The van der Waals surface area contributed by atoms with Crippen molar-refractivity contribution in [3.05, 3.63) is 48.3 Å². The van der Waals surface area contributed by atoms with Crippen molar-refractivity contribution in [2.24, 2.45) is 5.92 Å². The van der Waals surface area contributed by atoms with Crippen LogP contribution in [0.25, 0.3) is 33.8 Å². The van der Waals surface area contributed by atoms with Gasteiger partial charge in [0.1, 0.15) is 34.7 Å². The number of likely N-dealkylation sites (tertiary alicyclic amines) is 1. The van der Waals surface area contributed by atoms with Gasteiger partial charge in [-0.15, -0.1) is 0 Å². The van der Waals surface area contributed by atoms with Gasteiger partial charge in [-0.25, -0.2) is 24.9 Å². The molecule has 1 spiro atoms. The molecule has 3 aromatic heterocycles. The van der Waals surface area contributed by atoms with Crippen LogP contribution in [0, 0.1) is 12.8 Å². The summed E-state index contributed by atoms with van der Waals surface area (Å²) < 4.78 is 2.04. The van der Waals surface area contributed by atoms with Crippen LogP contribution in [0.15, 0.2) is 36.9 Å². The Kier molecular flexibility index (Phi) is 4.92. The number of imidazole rings is 1. The summed E-state index contributed by atoms with van der Waals surface area (Å²) >= 11 is 0. The third-order valence-corrected chi connectivity index (χ3v) is 8.20. The molecule has 1 saturated heterocycles. The number of carbonyl (C=O) groups is 2. The second-order valence-corrected chi connectivity index (χ2v) is 10.4. The van der Waals surface area contributed by atoms with Crippen LogP contribution in [0.2, 0.25) is 0 Å². The maximum Gasteiger partial charge on any atom is 0.257 e. The van der Waals surface area contributed by atoms with Gasteiger partial charge in [0, 0.05) is 55.3 Å². The largest absolute Gasteiger partial charge is 0.324 e. The number of amides is 2. The zero-order chi connectivity index (χ0) is 26.2. The van der Waals surface area contributed by atoms with Crippen molar-refractivity contribution < 1.29 is 9.59 Å². The molecule has 1 aromatic carbocycles. The fourth-order valence-corrected chi connectivity index (χ4v) is 6.16. The minimum Gasteiger partial charge on any atom is -0.324 e. The lowest BCUT2D eigenvalue weighted by Crippen LogP contribution is -2.51. The number of aryl methyl sites for hydroxylation is 2. The molecule has 2 fully saturated rings. The average molecular weight is 509 g/mol. The molecule has 4 aromatic rings. The van der Waals surface area contributed by atoms with Crippen LogP contribution in [-0.2, 0) is 21.7 Å². The van der Waals surface area contributed by atoms with Crippen LogP contribution in [-0.4, -0.2) is 59.8 Å². The summed E-state index contributed by atoms with van der Waals surface area (Å²) in [6, 6.07) is 5.98. The van der Waals surface area contributed by atoms with Gasteiger partial charge in [0.15, 0.2) is 5.65 Å². The Balaban J connectivity index is 1.39. The molecule has 2 aliphatic heterocycles. The third kappa shape index (κ3) is 3.09. The van der Waals surface area contributed by atoms with E-state index in [0.717, 1.165) is 53.1 Å². The number of aromatic nitrogens is 6. The van der Waals surface area contributed by atoms with E-state index in [1.165, 1.54) is 0 Å². The second-order valence-electron chi connectivity index (χ2n) is 10.4. The number of hydrogen-bond donors (Lipinski definition) is 0. The summed E-state index contributed by atoms with van der Waals surface area (Å²) in [5, 5.41) is 0. The van der Waals surface area contributed by atoms with Gasteiger partial charge >= 0.3 is 0 Å². The van der Waals surface area contributed by atoms with E-state index in [2.05, 4.69) is 19.9 Å². The molecule has 3 aliphatic rings. The predicted octanol–water partition coefficient (Wildman–Crippen LogP) is 3.48. The Morgan fingerprint density at radius 1 is 1.11 bits per heavy atom. The van der Waals surface area contributed by atoms with Gasteiger partial charge < -0.3 is 14.4 Å². The molecule has 5 heterocycles. The molecule has 1 aliphatic carbocycles. The lowest BCUT2D eigenvalue weighted by Gasteiger charge is -2.34. The second kappa shape index (κ2) is 8.14. The highest BCUT2D eigenvalue weighted by Crippen LogP contribution is 2.52. The highest BCUT2D eigenvalue weighted by Gasteiger charge is 2.58. The van der Waals surface area contributed by atoms with Gasteiger partial charge in [0.25, 0.3) is 5.91 Å². The van der Waals surface area contributed by atoms with Crippen molar-refractivity contribution in [2.45, 2.75) is 51.6 Å². The van der Waals surface area contributed by atoms with E-state index in [9.17, 15) is 9.59 Å². The fourth-order valence-electron chi connectivity index (χ4n) is 6.16.